The van der Waals surface area contributed by atoms with Crippen molar-refractivity contribution in [1.29, 1.82) is 0 Å². The van der Waals surface area contributed by atoms with E-state index in [1.807, 2.05) is 6.07 Å². The molecule has 1 unspecified atom stereocenters. The first-order valence-electron chi connectivity index (χ1n) is 12.1. The Kier molecular flexibility index (Phi) is 5.78. The molecule has 6 rings (SSSR count). The number of nitrogens with one attached hydrogen (secondary N) is 1. The van der Waals surface area contributed by atoms with Crippen molar-refractivity contribution in [3.05, 3.63) is 58.4 Å². The van der Waals surface area contributed by atoms with Crippen molar-refractivity contribution in [2.45, 2.75) is 50.6 Å². The number of aryl methyl sites for hydroxylation is 1. The summed E-state index contributed by atoms with van der Waals surface area (Å²) >= 11 is 6.04. The van der Waals surface area contributed by atoms with E-state index in [9.17, 15) is 13.2 Å². The summed E-state index contributed by atoms with van der Waals surface area (Å²) in [6, 6.07) is 4.37. The Hall–Kier alpha value is -2.88. The van der Waals surface area contributed by atoms with Crippen LogP contribution in [0.4, 0.5) is 24.8 Å². The average molecular weight is 504 g/mol. The second kappa shape index (κ2) is 8.96. The minimum atomic E-state index is -1.44. The lowest BCUT2D eigenvalue weighted by Crippen LogP contribution is -2.48. The largest absolute Gasteiger partial charge is 0.369 e. The fourth-order valence-corrected chi connectivity index (χ4v) is 6.16. The first-order chi connectivity index (χ1) is 17.0. The van der Waals surface area contributed by atoms with Gasteiger partial charge >= 0.3 is 0 Å². The Morgan fingerprint density at radius 1 is 1.00 bits per heavy atom. The molecule has 1 saturated carbocycles. The molecule has 0 amide bonds. The van der Waals surface area contributed by atoms with Gasteiger partial charge in [0, 0.05) is 43.2 Å². The zero-order valence-electron chi connectivity index (χ0n) is 19.0. The predicted molar refractivity (Wildman–Crippen MR) is 125 cm³/mol. The van der Waals surface area contributed by atoms with Crippen LogP contribution in [0.5, 0.6) is 0 Å². The smallest absolute Gasteiger partial charge is 0.242 e. The molecule has 2 aromatic heterocycles. The van der Waals surface area contributed by atoms with Crippen LogP contribution in [-0.4, -0.2) is 44.1 Å². The summed E-state index contributed by atoms with van der Waals surface area (Å²) in [5.41, 5.74) is 1.10. The standard InChI is InChI=1S/C24H25ClF3N7/c25-19-9-15(10-29-32-19)34-11-13-4-5-14(12-34)22(13)30-24-31-23-17(3-1-2-8-35(23)33-24)16-6-7-18(26)21(28)20(16)27/h6-7,9-10,13-14,17,22H,1-5,8,11-12H2,(H,30,33)/t13-,14+,17?,22+. The van der Waals surface area contributed by atoms with Gasteiger partial charge in [-0.05, 0) is 43.6 Å². The van der Waals surface area contributed by atoms with E-state index in [2.05, 4.69) is 20.4 Å². The molecule has 2 aliphatic heterocycles. The molecule has 11 heteroatoms. The van der Waals surface area contributed by atoms with Gasteiger partial charge in [-0.15, -0.1) is 10.2 Å². The van der Waals surface area contributed by atoms with Gasteiger partial charge in [0.1, 0.15) is 5.82 Å². The molecule has 1 saturated heterocycles. The number of fused-ring (bicyclic) bond motifs is 3. The molecule has 4 heterocycles. The average Bonchev–Trinajstić information content (AvgIpc) is 3.25. The van der Waals surface area contributed by atoms with Crippen LogP contribution in [0.15, 0.2) is 24.4 Å². The van der Waals surface area contributed by atoms with Crippen molar-refractivity contribution in [3.63, 3.8) is 0 Å². The number of piperidine rings is 1. The molecule has 2 fully saturated rings. The predicted octanol–water partition coefficient (Wildman–Crippen LogP) is 4.78. The zero-order chi connectivity index (χ0) is 24.1. The monoisotopic (exact) mass is 503 g/mol. The number of hydrogen-bond acceptors (Lipinski definition) is 6. The van der Waals surface area contributed by atoms with Crippen LogP contribution in [-0.2, 0) is 6.54 Å². The highest BCUT2D eigenvalue weighted by Gasteiger charge is 2.43. The van der Waals surface area contributed by atoms with Crippen molar-refractivity contribution in [3.8, 4) is 0 Å². The maximum atomic E-state index is 14.7. The summed E-state index contributed by atoms with van der Waals surface area (Å²) in [7, 11) is 0. The molecule has 0 radical (unpaired) electrons. The summed E-state index contributed by atoms with van der Waals surface area (Å²) in [6.07, 6.45) is 6.23. The molecule has 0 spiro atoms. The normalized spacial score (nSPS) is 25.9. The first kappa shape index (κ1) is 22.6. The fourth-order valence-electron chi connectivity index (χ4n) is 6.00. The van der Waals surface area contributed by atoms with Crippen molar-refractivity contribution >= 4 is 23.2 Å². The highest BCUT2D eigenvalue weighted by atomic mass is 35.5. The third-order valence-corrected chi connectivity index (χ3v) is 7.85. The topological polar surface area (TPSA) is 71.8 Å². The van der Waals surface area contributed by atoms with E-state index in [1.165, 1.54) is 6.07 Å². The van der Waals surface area contributed by atoms with E-state index < -0.39 is 23.4 Å². The summed E-state index contributed by atoms with van der Waals surface area (Å²) < 4.78 is 44.0. The summed E-state index contributed by atoms with van der Waals surface area (Å²) in [6.45, 7) is 2.39. The van der Waals surface area contributed by atoms with Gasteiger partial charge in [0.15, 0.2) is 22.6 Å². The van der Waals surface area contributed by atoms with Crippen LogP contribution >= 0.6 is 11.6 Å². The lowest BCUT2D eigenvalue weighted by atomic mass is 9.92. The van der Waals surface area contributed by atoms with Gasteiger partial charge in [-0.3, -0.25) is 0 Å². The Morgan fingerprint density at radius 3 is 2.57 bits per heavy atom. The zero-order valence-corrected chi connectivity index (χ0v) is 19.7. The molecule has 1 aromatic carbocycles. The number of anilines is 2. The number of aromatic nitrogens is 5. The lowest BCUT2D eigenvalue weighted by molar-refractivity contribution is 0.376. The van der Waals surface area contributed by atoms with E-state index in [1.54, 1.807) is 10.9 Å². The summed E-state index contributed by atoms with van der Waals surface area (Å²) in [5, 5.41) is 16.4. The van der Waals surface area contributed by atoms with Gasteiger partial charge in [-0.1, -0.05) is 24.1 Å². The molecule has 1 aliphatic carbocycles. The van der Waals surface area contributed by atoms with E-state index >= 15 is 0 Å². The molecule has 3 aromatic rings. The molecule has 184 valence electrons. The molecule has 35 heavy (non-hydrogen) atoms. The maximum Gasteiger partial charge on any atom is 0.242 e. The number of benzene rings is 1. The molecule has 1 N–H and O–H groups in total. The van der Waals surface area contributed by atoms with Crippen LogP contribution in [0.1, 0.15) is 49.4 Å². The van der Waals surface area contributed by atoms with Crippen LogP contribution in [0.3, 0.4) is 0 Å². The van der Waals surface area contributed by atoms with Gasteiger partial charge in [0.25, 0.3) is 0 Å². The van der Waals surface area contributed by atoms with Gasteiger partial charge in [-0.2, -0.15) is 10.1 Å². The number of hydrogen-bond donors (Lipinski definition) is 1. The number of halogens is 4. The van der Waals surface area contributed by atoms with E-state index in [4.69, 9.17) is 21.7 Å². The van der Waals surface area contributed by atoms with Crippen LogP contribution in [0.2, 0.25) is 5.15 Å². The quantitative estimate of drug-likeness (QED) is 0.517. The Balaban J connectivity index is 1.24. The molecule has 7 nitrogen and oxygen atoms in total. The number of nitrogens with zero attached hydrogens (tertiary/aromatic N) is 6. The fraction of sp³-hybridized carbons (Fsp3) is 0.500. The maximum absolute atomic E-state index is 14.7. The molecule has 4 atom stereocenters. The highest BCUT2D eigenvalue weighted by Crippen LogP contribution is 2.41. The Labute approximate surface area is 205 Å². The highest BCUT2D eigenvalue weighted by molar-refractivity contribution is 6.29. The second-order valence-electron chi connectivity index (χ2n) is 9.74. The Bertz CT molecular complexity index is 1240. The minimum absolute atomic E-state index is 0.129. The van der Waals surface area contributed by atoms with Gasteiger partial charge < -0.3 is 10.2 Å². The second-order valence-corrected chi connectivity index (χ2v) is 10.1. The molecule has 2 bridgehead atoms. The van der Waals surface area contributed by atoms with Gasteiger partial charge in [0.05, 0.1) is 11.9 Å². The number of rotatable bonds is 4. The van der Waals surface area contributed by atoms with Crippen molar-refractivity contribution in [2.24, 2.45) is 11.8 Å². The minimum Gasteiger partial charge on any atom is -0.369 e. The van der Waals surface area contributed by atoms with Gasteiger partial charge in [0.2, 0.25) is 5.95 Å². The Morgan fingerprint density at radius 2 is 1.80 bits per heavy atom. The lowest BCUT2D eigenvalue weighted by Gasteiger charge is -2.39. The summed E-state index contributed by atoms with van der Waals surface area (Å²) in [4.78, 5) is 7.05. The van der Waals surface area contributed by atoms with Crippen molar-refractivity contribution < 1.29 is 13.2 Å². The first-order valence-corrected chi connectivity index (χ1v) is 12.4. The van der Waals surface area contributed by atoms with Crippen molar-refractivity contribution in [1.82, 2.24) is 25.0 Å². The molecular formula is C24H25ClF3N7. The van der Waals surface area contributed by atoms with Crippen LogP contribution < -0.4 is 10.2 Å². The third kappa shape index (κ3) is 4.11. The van der Waals surface area contributed by atoms with Crippen LogP contribution in [0.25, 0.3) is 0 Å². The van der Waals surface area contributed by atoms with E-state index in [0.29, 0.717) is 41.7 Å². The van der Waals surface area contributed by atoms with E-state index in [-0.39, 0.29) is 11.6 Å². The molecule has 3 aliphatic rings. The van der Waals surface area contributed by atoms with Gasteiger partial charge in [-0.25, -0.2) is 17.9 Å². The summed E-state index contributed by atoms with van der Waals surface area (Å²) in [5.74, 6) is -2.32. The third-order valence-electron chi connectivity index (χ3n) is 7.67. The SMILES string of the molecule is Fc1ccc(C2CCCCn3nc(N[C@H]4[C@@H]5CC[C@H]4CN(c4cnnc(Cl)c4)C5)nc32)c(F)c1F. The van der Waals surface area contributed by atoms with Crippen molar-refractivity contribution in [2.75, 3.05) is 23.3 Å². The van der Waals surface area contributed by atoms with Crippen LogP contribution in [0, 0.1) is 29.3 Å². The molecular weight excluding hydrogens is 479 g/mol. The van der Waals surface area contributed by atoms with E-state index in [0.717, 1.165) is 50.5 Å².